The lowest BCUT2D eigenvalue weighted by molar-refractivity contribution is 1.18. The molecule has 0 saturated carbocycles. The maximum absolute atomic E-state index is 2.38. The van der Waals surface area contributed by atoms with Crippen molar-refractivity contribution >= 4 is 74.9 Å². The standard InChI is InChI=1S/C38H23NS/c1-2-10-27-25(9-1)23-33(31-21-22-32-30-13-5-8-16-36(30)40-38(32)37(27)31)24-17-19-26(20-18-24)39-34-14-6-3-11-28(34)29-12-4-7-15-35(29)39/h1-23H. The molecule has 186 valence electrons. The fraction of sp³-hybridized carbons (Fsp3) is 0. The molecule has 0 atom stereocenters. The lowest BCUT2D eigenvalue weighted by atomic mass is 9.92. The van der Waals surface area contributed by atoms with E-state index in [-0.39, 0.29) is 0 Å². The molecule has 1 nitrogen and oxygen atoms in total. The normalized spacial score (nSPS) is 12.0. The highest BCUT2D eigenvalue weighted by molar-refractivity contribution is 7.26. The van der Waals surface area contributed by atoms with Gasteiger partial charge >= 0.3 is 0 Å². The number of aromatic nitrogens is 1. The zero-order valence-corrected chi connectivity index (χ0v) is 22.5. The second-order valence-corrected chi connectivity index (χ2v) is 11.6. The van der Waals surface area contributed by atoms with Gasteiger partial charge in [0.05, 0.1) is 11.0 Å². The predicted molar refractivity (Wildman–Crippen MR) is 174 cm³/mol. The Balaban J connectivity index is 1.30. The van der Waals surface area contributed by atoms with Crippen LogP contribution < -0.4 is 0 Å². The minimum absolute atomic E-state index is 1.18. The summed E-state index contributed by atoms with van der Waals surface area (Å²) < 4.78 is 5.10. The van der Waals surface area contributed by atoms with E-state index in [2.05, 4.69) is 144 Å². The molecule has 0 unspecified atom stereocenters. The lowest BCUT2D eigenvalue weighted by Gasteiger charge is -2.13. The number of hydrogen-bond donors (Lipinski definition) is 0. The predicted octanol–water partition coefficient (Wildman–Crippen LogP) is 11.1. The Hall–Kier alpha value is -4.92. The Morgan fingerprint density at radius 1 is 0.450 bits per heavy atom. The third-order valence-corrected chi connectivity index (χ3v) is 9.59. The fourth-order valence-corrected chi connectivity index (χ4v) is 7.86. The van der Waals surface area contributed by atoms with Gasteiger partial charge in [-0.25, -0.2) is 0 Å². The first-order chi connectivity index (χ1) is 19.8. The highest BCUT2D eigenvalue weighted by Crippen LogP contribution is 2.44. The van der Waals surface area contributed by atoms with Gasteiger partial charge in [0, 0.05) is 42.0 Å². The van der Waals surface area contributed by atoms with E-state index in [1.165, 1.54) is 80.3 Å². The van der Waals surface area contributed by atoms with Gasteiger partial charge < -0.3 is 4.57 Å². The topological polar surface area (TPSA) is 4.93 Å². The van der Waals surface area contributed by atoms with E-state index in [1.54, 1.807) is 0 Å². The van der Waals surface area contributed by atoms with Gasteiger partial charge in [-0.2, -0.15) is 0 Å². The van der Waals surface area contributed by atoms with Crippen LogP contribution in [-0.4, -0.2) is 4.57 Å². The Morgan fingerprint density at radius 3 is 1.80 bits per heavy atom. The van der Waals surface area contributed by atoms with Crippen molar-refractivity contribution in [2.75, 3.05) is 0 Å². The number of benzene rings is 7. The molecule has 2 aromatic heterocycles. The molecular formula is C38H23NS. The molecule has 0 saturated heterocycles. The summed E-state index contributed by atoms with van der Waals surface area (Å²) in [7, 11) is 0. The van der Waals surface area contributed by atoms with Crippen molar-refractivity contribution in [1.82, 2.24) is 4.57 Å². The van der Waals surface area contributed by atoms with E-state index in [4.69, 9.17) is 0 Å². The largest absolute Gasteiger partial charge is 0.309 e. The molecule has 9 rings (SSSR count). The minimum atomic E-state index is 1.18. The summed E-state index contributed by atoms with van der Waals surface area (Å²) in [4.78, 5) is 0. The molecule has 0 amide bonds. The lowest BCUT2D eigenvalue weighted by Crippen LogP contribution is -1.93. The molecule has 2 heterocycles. The highest BCUT2D eigenvalue weighted by Gasteiger charge is 2.16. The first kappa shape index (κ1) is 22.0. The van der Waals surface area contributed by atoms with Crippen LogP contribution in [0.4, 0.5) is 0 Å². The average Bonchev–Trinajstić information content (AvgIpc) is 3.57. The van der Waals surface area contributed by atoms with Gasteiger partial charge in [-0.3, -0.25) is 0 Å². The van der Waals surface area contributed by atoms with Crippen LogP contribution in [-0.2, 0) is 0 Å². The number of hydrogen-bond acceptors (Lipinski definition) is 1. The summed E-state index contributed by atoms with van der Waals surface area (Å²) >= 11 is 1.91. The molecule has 0 spiro atoms. The van der Waals surface area contributed by atoms with Crippen molar-refractivity contribution in [2.24, 2.45) is 0 Å². The summed E-state index contributed by atoms with van der Waals surface area (Å²) in [6.07, 6.45) is 0. The molecule has 0 aliphatic rings. The smallest absolute Gasteiger partial charge is 0.0541 e. The van der Waals surface area contributed by atoms with Gasteiger partial charge in [-0.1, -0.05) is 103 Å². The second kappa shape index (κ2) is 8.29. The number of rotatable bonds is 2. The summed E-state index contributed by atoms with van der Waals surface area (Å²) in [5.74, 6) is 0. The van der Waals surface area contributed by atoms with Crippen molar-refractivity contribution in [3.05, 3.63) is 140 Å². The van der Waals surface area contributed by atoms with Crippen LogP contribution >= 0.6 is 11.3 Å². The Labute approximate surface area is 235 Å². The zero-order valence-electron chi connectivity index (χ0n) is 21.6. The van der Waals surface area contributed by atoms with E-state index in [0.29, 0.717) is 0 Å². The zero-order chi connectivity index (χ0) is 26.2. The maximum Gasteiger partial charge on any atom is 0.0541 e. The van der Waals surface area contributed by atoms with Gasteiger partial charge in [0.25, 0.3) is 0 Å². The van der Waals surface area contributed by atoms with Crippen molar-refractivity contribution in [1.29, 1.82) is 0 Å². The van der Waals surface area contributed by atoms with Gasteiger partial charge in [0.1, 0.15) is 0 Å². The van der Waals surface area contributed by atoms with Gasteiger partial charge in [-0.05, 0) is 63.7 Å². The van der Waals surface area contributed by atoms with Gasteiger partial charge in [0.15, 0.2) is 0 Å². The number of para-hydroxylation sites is 2. The minimum Gasteiger partial charge on any atom is -0.309 e. The van der Waals surface area contributed by atoms with Crippen LogP contribution in [0.25, 0.3) is 80.3 Å². The van der Waals surface area contributed by atoms with Crippen molar-refractivity contribution in [2.45, 2.75) is 0 Å². The van der Waals surface area contributed by atoms with E-state index in [1.807, 2.05) is 11.3 Å². The monoisotopic (exact) mass is 525 g/mol. The molecule has 9 aromatic rings. The Bertz CT molecular complexity index is 2370. The van der Waals surface area contributed by atoms with E-state index in [0.717, 1.165) is 0 Å². The van der Waals surface area contributed by atoms with Crippen molar-refractivity contribution in [3.8, 4) is 16.8 Å². The van der Waals surface area contributed by atoms with Crippen LogP contribution in [0.3, 0.4) is 0 Å². The van der Waals surface area contributed by atoms with Gasteiger partial charge in [0.2, 0.25) is 0 Å². The highest BCUT2D eigenvalue weighted by atomic mass is 32.1. The SMILES string of the molecule is c1ccc2c(c1)cc(-c1ccc(-n3c4ccccc4c4ccccc43)cc1)c1ccc3c4ccccc4sc3c12. The third kappa shape index (κ3) is 3.03. The van der Waals surface area contributed by atoms with Crippen LogP contribution in [0.1, 0.15) is 0 Å². The van der Waals surface area contributed by atoms with E-state index >= 15 is 0 Å². The molecule has 0 radical (unpaired) electrons. The summed E-state index contributed by atoms with van der Waals surface area (Å²) in [6.45, 7) is 0. The van der Waals surface area contributed by atoms with E-state index < -0.39 is 0 Å². The average molecular weight is 526 g/mol. The molecular weight excluding hydrogens is 502 g/mol. The van der Waals surface area contributed by atoms with E-state index in [9.17, 15) is 0 Å². The van der Waals surface area contributed by atoms with Gasteiger partial charge in [-0.15, -0.1) is 11.3 Å². The van der Waals surface area contributed by atoms with Crippen LogP contribution in [0, 0.1) is 0 Å². The van der Waals surface area contributed by atoms with Crippen molar-refractivity contribution in [3.63, 3.8) is 0 Å². The molecule has 7 aromatic carbocycles. The molecule has 0 aliphatic heterocycles. The van der Waals surface area contributed by atoms with Crippen LogP contribution in [0.15, 0.2) is 140 Å². The third-order valence-electron chi connectivity index (χ3n) is 8.38. The van der Waals surface area contributed by atoms with Crippen molar-refractivity contribution < 1.29 is 0 Å². The molecule has 0 N–H and O–H groups in total. The summed E-state index contributed by atoms with van der Waals surface area (Å²) in [5.41, 5.74) is 6.17. The molecule has 40 heavy (non-hydrogen) atoms. The maximum atomic E-state index is 2.38. The number of thiophene rings is 1. The summed E-state index contributed by atoms with van der Waals surface area (Å²) in [5, 5.41) is 10.5. The van der Waals surface area contributed by atoms with Crippen LogP contribution in [0.2, 0.25) is 0 Å². The van der Waals surface area contributed by atoms with Crippen LogP contribution in [0.5, 0.6) is 0 Å². The molecule has 0 aliphatic carbocycles. The Kier molecular flexibility index (Phi) is 4.55. The quantitative estimate of drug-likeness (QED) is 0.198. The number of fused-ring (bicyclic) bond motifs is 10. The first-order valence-electron chi connectivity index (χ1n) is 13.7. The molecule has 2 heteroatoms. The fourth-order valence-electron chi connectivity index (χ4n) is 6.59. The number of nitrogens with zero attached hydrogens (tertiary/aromatic N) is 1. The molecule has 0 fully saturated rings. The molecule has 0 bridgehead atoms. The summed E-state index contributed by atoms with van der Waals surface area (Å²) in [6, 6.07) is 51.1. The first-order valence-corrected chi connectivity index (χ1v) is 14.5. The second-order valence-electron chi connectivity index (χ2n) is 10.5. The Morgan fingerprint density at radius 2 is 1.05 bits per heavy atom.